The van der Waals surface area contributed by atoms with Crippen LogP contribution in [0.2, 0.25) is 5.02 Å². The number of hydrogen-bond donors (Lipinski definition) is 1. The van der Waals surface area contributed by atoms with Crippen LogP contribution in [0.15, 0.2) is 23.8 Å². The minimum absolute atomic E-state index is 0.0489. The summed E-state index contributed by atoms with van der Waals surface area (Å²) in [4.78, 5) is 12.7. The molecule has 3 heterocycles. The number of fused-ring (bicyclic) bond motifs is 1. The Hall–Kier alpha value is -2.95. The Kier molecular flexibility index (Phi) is 7.26. The van der Waals surface area contributed by atoms with E-state index in [9.17, 15) is 10.1 Å². The van der Waals surface area contributed by atoms with Crippen molar-refractivity contribution in [1.82, 2.24) is 9.88 Å². The number of rotatable bonds is 6. The zero-order chi connectivity index (χ0) is 23.4. The van der Waals surface area contributed by atoms with Crippen LogP contribution >= 0.6 is 11.6 Å². The third-order valence-corrected chi connectivity index (χ3v) is 6.28. The van der Waals surface area contributed by atoms with Crippen molar-refractivity contribution < 1.29 is 19.0 Å². The standard InChI is InChI=1S/C25H28ClN3O4/c1-16-9-19(17(2)29(16)15-21-5-3-6-31-21)12-20(13-27)25(30)28-14-18-10-22(26)24-23(11-18)32-7-4-8-33-24/h9-12,21H,3-8,14-15H2,1-2H3,(H,28,30)/b20-12+. The molecule has 4 rings (SSSR count). The van der Waals surface area contributed by atoms with Gasteiger partial charge in [0, 0.05) is 37.5 Å². The Morgan fingerprint density at radius 3 is 2.82 bits per heavy atom. The Balaban J connectivity index is 1.46. The van der Waals surface area contributed by atoms with Crippen LogP contribution in [0, 0.1) is 25.2 Å². The number of amides is 1. The molecular formula is C25H28ClN3O4. The SMILES string of the molecule is Cc1cc(/C=C(\C#N)C(=O)NCc2cc(Cl)c3c(c2)OCCCO3)c(C)n1CC1CCCO1. The molecule has 33 heavy (non-hydrogen) atoms. The van der Waals surface area contributed by atoms with Gasteiger partial charge in [-0.1, -0.05) is 11.6 Å². The second-order valence-corrected chi connectivity index (χ2v) is 8.79. The first-order chi connectivity index (χ1) is 16.0. The van der Waals surface area contributed by atoms with Gasteiger partial charge in [-0.05, 0) is 62.1 Å². The zero-order valence-electron chi connectivity index (χ0n) is 18.9. The first-order valence-electron chi connectivity index (χ1n) is 11.2. The highest BCUT2D eigenvalue weighted by atomic mass is 35.5. The van der Waals surface area contributed by atoms with Crippen LogP contribution in [-0.4, -0.2) is 36.4 Å². The van der Waals surface area contributed by atoms with Gasteiger partial charge in [0.2, 0.25) is 0 Å². The lowest BCUT2D eigenvalue weighted by Gasteiger charge is -2.14. The van der Waals surface area contributed by atoms with E-state index in [1.165, 1.54) is 0 Å². The maximum Gasteiger partial charge on any atom is 0.262 e. The Bertz CT molecular complexity index is 1110. The Morgan fingerprint density at radius 2 is 2.06 bits per heavy atom. The number of nitriles is 1. The first-order valence-corrected chi connectivity index (χ1v) is 11.6. The molecule has 1 aromatic heterocycles. The molecule has 7 nitrogen and oxygen atoms in total. The van der Waals surface area contributed by atoms with Crippen molar-refractivity contribution in [1.29, 1.82) is 5.26 Å². The van der Waals surface area contributed by atoms with Crippen molar-refractivity contribution in [3.63, 3.8) is 0 Å². The van der Waals surface area contributed by atoms with E-state index in [0.717, 1.165) is 54.9 Å². The van der Waals surface area contributed by atoms with Crippen molar-refractivity contribution in [2.45, 2.75) is 52.3 Å². The highest BCUT2D eigenvalue weighted by molar-refractivity contribution is 6.32. The molecule has 1 unspecified atom stereocenters. The van der Waals surface area contributed by atoms with Crippen LogP contribution in [0.1, 0.15) is 41.8 Å². The predicted octanol–water partition coefficient (Wildman–Crippen LogP) is 4.32. The fourth-order valence-electron chi connectivity index (χ4n) is 4.21. The Labute approximate surface area is 198 Å². The molecule has 0 spiro atoms. The van der Waals surface area contributed by atoms with Crippen molar-refractivity contribution >= 4 is 23.6 Å². The molecule has 1 saturated heterocycles. The number of ether oxygens (including phenoxy) is 3. The van der Waals surface area contributed by atoms with Gasteiger partial charge in [0.25, 0.3) is 5.91 Å². The van der Waals surface area contributed by atoms with Crippen molar-refractivity contribution in [3.8, 4) is 17.6 Å². The summed E-state index contributed by atoms with van der Waals surface area (Å²) in [5.74, 6) is 0.656. The van der Waals surface area contributed by atoms with Gasteiger partial charge in [-0.3, -0.25) is 4.79 Å². The molecule has 0 saturated carbocycles. The average molecular weight is 470 g/mol. The van der Waals surface area contributed by atoms with Gasteiger partial charge in [-0.25, -0.2) is 0 Å². The summed E-state index contributed by atoms with van der Waals surface area (Å²) in [6.07, 6.45) is 4.78. The summed E-state index contributed by atoms with van der Waals surface area (Å²) in [5.41, 5.74) is 3.76. The fourth-order valence-corrected chi connectivity index (χ4v) is 4.50. The molecule has 8 heteroatoms. The van der Waals surface area contributed by atoms with Gasteiger partial charge in [0.1, 0.15) is 11.6 Å². The van der Waals surface area contributed by atoms with E-state index < -0.39 is 5.91 Å². The average Bonchev–Trinajstić information content (AvgIpc) is 3.32. The fraction of sp³-hybridized carbons (Fsp3) is 0.440. The maximum atomic E-state index is 12.7. The molecule has 2 aliphatic heterocycles. The molecule has 0 radical (unpaired) electrons. The molecule has 2 aliphatic rings. The number of aryl methyl sites for hydroxylation is 1. The van der Waals surface area contributed by atoms with Crippen LogP contribution in [0.5, 0.6) is 11.5 Å². The summed E-state index contributed by atoms with van der Waals surface area (Å²) in [7, 11) is 0. The molecule has 2 aromatic rings. The Morgan fingerprint density at radius 1 is 1.24 bits per heavy atom. The van der Waals surface area contributed by atoms with Crippen LogP contribution in [0.25, 0.3) is 6.08 Å². The smallest absolute Gasteiger partial charge is 0.262 e. The first kappa shape index (κ1) is 23.2. The number of hydrogen-bond acceptors (Lipinski definition) is 5. The summed E-state index contributed by atoms with van der Waals surface area (Å²) in [6, 6.07) is 7.57. The van der Waals surface area contributed by atoms with Gasteiger partial charge in [0.05, 0.1) is 24.3 Å². The van der Waals surface area contributed by atoms with E-state index in [0.29, 0.717) is 29.7 Å². The summed E-state index contributed by atoms with van der Waals surface area (Å²) in [5, 5.41) is 12.9. The van der Waals surface area contributed by atoms with Gasteiger partial charge in [-0.15, -0.1) is 0 Å². The third kappa shape index (κ3) is 5.35. The van der Waals surface area contributed by atoms with E-state index in [1.54, 1.807) is 18.2 Å². The summed E-state index contributed by atoms with van der Waals surface area (Å²) < 4.78 is 19.3. The number of benzene rings is 1. The summed E-state index contributed by atoms with van der Waals surface area (Å²) >= 11 is 6.33. The number of nitrogens with zero attached hydrogens (tertiary/aromatic N) is 2. The minimum atomic E-state index is -0.440. The number of halogens is 1. The molecule has 1 amide bonds. The normalized spacial score (nSPS) is 18.0. The van der Waals surface area contributed by atoms with E-state index >= 15 is 0 Å². The lowest BCUT2D eigenvalue weighted by Crippen LogP contribution is -2.24. The number of nitrogens with one attached hydrogen (secondary N) is 1. The quantitative estimate of drug-likeness (QED) is 0.503. The topological polar surface area (TPSA) is 85.5 Å². The van der Waals surface area contributed by atoms with Crippen molar-refractivity contribution in [2.75, 3.05) is 19.8 Å². The van der Waals surface area contributed by atoms with E-state index in [2.05, 4.69) is 9.88 Å². The molecule has 174 valence electrons. The molecule has 0 aliphatic carbocycles. The highest BCUT2D eigenvalue weighted by Crippen LogP contribution is 2.38. The highest BCUT2D eigenvalue weighted by Gasteiger charge is 2.20. The van der Waals surface area contributed by atoms with Crippen molar-refractivity contribution in [3.05, 3.63) is 51.3 Å². The largest absolute Gasteiger partial charge is 0.489 e. The second kappa shape index (κ2) is 10.3. The minimum Gasteiger partial charge on any atom is -0.489 e. The molecule has 0 bridgehead atoms. The lowest BCUT2D eigenvalue weighted by molar-refractivity contribution is -0.117. The molecule has 1 atom stereocenters. The summed E-state index contributed by atoms with van der Waals surface area (Å²) in [6.45, 7) is 6.93. The van der Waals surface area contributed by atoms with Gasteiger partial charge >= 0.3 is 0 Å². The molecule has 1 fully saturated rings. The third-order valence-electron chi connectivity index (χ3n) is 6.00. The van der Waals surface area contributed by atoms with Gasteiger partial charge in [-0.2, -0.15) is 5.26 Å². The van der Waals surface area contributed by atoms with Gasteiger partial charge in [0.15, 0.2) is 11.5 Å². The molecule has 1 N–H and O–H groups in total. The van der Waals surface area contributed by atoms with E-state index in [4.69, 9.17) is 25.8 Å². The van der Waals surface area contributed by atoms with Gasteiger partial charge < -0.3 is 24.1 Å². The van der Waals surface area contributed by atoms with Crippen LogP contribution in [0.4, 0.5) is 0 Å². The molecule has 1 aromatic carbocycles. The predicted molar refractivity (Wildman–Crippen MR) is 125 cm³/mol. The van der Waals surface area contributed by atoms with E-state index in [-0.39, 0.29) is 18.2 Å². The van der Waals surface area contributed by atoms with Crippen LogP contribution in [-0.2, 0) is 22.6 Å². The number of carbonyl (C=O) groups is 1. The molecular weight excluding hydrogens is 442 g/mol. The zero-order valence-corrected chi connectivity index (χ0v) is 19.7. The van der Waals surface area contributed by atoms with Crippen LogP contribution in [0.3, 0.4) is 0 Å². The number of carbonyl (C=O) groups excluding carboxylic acids is 1. The van der Waals surface area contributed by atoms with Crippen molar-refractivity contribution in [2.24, 2.45) is 0 Å². The second-order valence-electron chi connectivity index (χ2n) is 8.38. The lowest BCUT2D eigenvalue weighted by atomic mass is 10.1. The monoisotopic (exact) mass is 469 g/mol. The maximum absolute atomic E-state index is 12.7. The van der Waals surface area contributed by atoms with Crippen LogP contribution < -0.4 is 14.8 Å². The van der Waals surface area contributed by atoms with E-state index in [1.807, 2.05) is 26.0 Å². The number of aromatic nitrogens is 1.